The summed E-state index contributed by atoms with van der Waals surface area (Å²) in [4.78, 5) is 18.1. The van der Waals surface area contributed by atoms with Crippen LogP contribution in [0.1, 0.15) is 36.2 Å². The fourth-order valence-corrected chi connectivity index (χ4v) is 4.13. The van der Waals surface area contributed by atoms with E-state index in [0.717, 1.165) is 32.9 Å². The molecule has 0 aliphatic heterocycles. The number of aromatic nitrogens is 2. The maximum Gasteiger partial charge on any atom is 0.251 e. The number of nitrogens with zero attached hydrogens (tertiary/aromatic N) is 2. The average molecular weight is 378 g/mol. The van der Waals surface area contributed by atoms with Gasteiger partial charge in [-0.15, -0.1) is 0 Å². The maximum absolute atomic E-state index is 12.4. The van der Waals surface area contributed by atoms with Gasteiger partial charge < -0.3 is 5.32 Å². The standard InChI is InChI=1S/C22H23N3OS/c1-14(2)10-11-23-21(26)17-8-9-19-20(12-17)27-22-24-18(13-25(19)22)16-6-4-15(3)5-7-16/h4-9,12-14H,10-11H2,1-3H3,(H,23,26). The molecule has 4 aromatic rings. The van der Waals surface area contributed by atoms with Crippen molar-refractivity contribution in [2.24, 2.45) is 5.92 Å². The zero-order valence-electron chi connectivity index (χ0n) is 15.8. The number of hydrogen-bond acceptors (Lipinski definition) is 3. The van der Waals surface area contributed by atoms with Crippen LogP contribution in [0.4, 0.5) is 0 Å². The Morgan fingerprint density at radius 3 is 2.70 bits per heavy atom. The van der Waals surface area contributed by atoms with Crippen LogP contribution in [0.25, 0.3) is 26.4 Å². The molecule has 1 amide bonds. The third kappa shape index (κ3) is 3.60. The number of fused-ring (bicyclic) bond motifs is 3. The van der Waals surface area contributed by atoms with Crippen LogP contribution in [0.2, 0.25) is 0 Å². The van der Waals surface area contributed by atoms with Crippen LogP contribution in [0.5, 0.6) is 0 Å². The predicted molar refractivity (Wildman–Crippen MR) is 113 cm³/mol. The molecule has 0 fully saturated rings. The summed E-state index contributed by atoms with van der Waals surface area (Å²) >= 11 is 1.61. The molecule has 4 nitrogen and oxygen atoms in total. The molecule has 0 saturated heterocycles. The lowest BCUT2D eigenvalue weighted by atomic mass is 10.1. The molecule has 27 heavy (non-hydrogen) atoms. The van der Waals surface area contributed by atoms with Gasteiger partial charge in [0.2, 0.25) is 0 Å². The number of benzene rings is 2. The largest absolute Gasteiger partial charge is 0.352 e. The minimum absolute atomic E-state index is 0.0102. The van der Waals surface area contributed by atoms with Crippen molar-refractivity contribution in [3.05, 3.63) is 59.8 Å². The van der Waals surface area contributed by atoms with Gasteiger partial charge in [-0.25, -0.2) is 4.98 Å². The lowest BCUT2D eigenvalue weighted by Gasteiger charge is -2.07. The Morgan fingerprint density at radius 2 is 1.96 bits per heavy atom. The molecule has 2 heterocycles. The van der Waals surface area contributed by atoms with Crippen LogP contribution in [0.3, 0.4) is 0 Å². The minimum atomic E-state index is -0.0102. The number of rotatable bonds is 5. The normalized spacial score (nSPS) is 11.6. The summed E-state index contributed by atoms with van der Waals surface area (Å²) in [6, 6.07) is 14.3. The van der Waals surface area contributed by atoms with E-state index in [-0.39, 0.29) is 5.91 Å². The first-order chi connectivity index (χ1) is 13.0. The highest BCUT2D eigenvalue weighted by Crippen LogP contribution is 2.30. The van der Waals surface area contributed by atoms with E-state index in [0.29, 0.717) is 18.0 Å². The van der Waals surface area contributed by atoms with Crippen molar-refractivity contribution in [2.45, 2.75) is 27.2 Å². The van der Waals surface area contributed by atoms with Gasteiger partial charge >= 0.3 is 0 Å². The van der Waals surface area contributed by atoms with Crippen LogP contribution in [-0.4, -0.2) is 21.8 Å². The second-order valence-electron chi connectivity index (χ2n) is 7.37. The molecule has 0 spiro atoms. The average Bonchev–Trinajstić information content (AvgIpc) is 3.19. The van der Waals surface area contributed by atoms with Crippen molar-refractivity contribution in [1.82, 2.24) is 14.7 Å². The topological polar surface area (TPSA) is 46.4 Å². The third-order valence-corrected chi connectivity index (χ3v) is 5.73. The quantitative estimate of drug-likeness (QED) is 0.513. The lowest BCUT2D eigenvalue weighted by Crippen LogP contribution is -2.25. The van der Waals surface area contributed by atoms with Crippen molar-refractivity contribution in [1.29, 1.82) is 0 Å². The van der Waals surface area contributed by atoms with Gasteiger partial charge in [0, 0.05) is 23.9 Å². The van der Waals surface area contributed by atoms with E-state index < -0.39 is 0 Å². The Labute approximate surface area is 162 Å². The summed E-state index contributed by atoms with van der Waals surface area (Å²) in [6.07, 6.45) is 3.06. The number of hydrogen-bond donors (Lipinski definition) is 1. The van der Waals surface area contributed by atoms with Gasteiger partial charge in [0.25, 0.3) is 5.91 Å². The maximum atomic E-state index is 12.4. The molecule has 1 N–H and O–H groups in total. The Hall–Kier alpha value is -2.66. The van der Waals surface area contributed by atoms with Crippen molar-refractivity contribution >= 4 is 32.4 Å². The van der Waals surface area contributed by atoms with Gasteiger partial charge in [0.15, 0.2) is 4.96 Å². The summed E-state index contributed by atoms with van der Waals surface area (Å²) < 4.78 is 3.18. The number of amides is 1. The van der Waals surface area contributed by atoms with E-state index in [1.807, 2.05) is 18.2 Å². The first kappa shape index (κ1) is 17.7. The molecule has 5 heteroatoms. The molecular formula is C22H23N3OS. The van der Waals surface area contributed by atoms with Crippen LogP contribution in [0.15, 0.2) is 48.7 Å². The lowest BCUT2D eigenvalue weighted by molar-refractivity contribution is 0.0952. The highest BCUT2D eigenvalue weighted by Gasteiger charge is 2.13. The third-order valence-electron chi connectivity index (χ3n) is 4.71. The first-order valence-corrected chi connectivity index (χ1v) is 10.1. The fraction of sp³-hybridized carbons (Fsp3) is 0.273. The number of thiazole rings is 1. The molecule has 0 saturated carbocycles. The van der Waals surface area contributed by atoms with E-state index in [4.69, 9.17) is 4.98 Å². The Kier molecular flexibility index (Phi) is 4.70. The van der Waals surface area contributed by atoms with Crippen molar-refractivity contribution in [2.75, 3.05) is 6.54 Å². The second kappa shape index (κ2) is 7.16. The van der Waals surface area contributed by atoms with Gasteiger partial charge in [-0.05, 0) is 37.5 Å². The molecule has 2 aromatic heterocycles. The van der Waals surface area contributed by atoms with Crippen LogP contribution in [-0.2, 0) is 0 Å². The highest BCUT2D eigenvalue weighted by atomic mass is 32.1. The van der Waals surface area contributed by atoms with Crippen LogP contribution < -0.4 is 5.32 Å². The Bertz CT molecular complexity index is 1110. The molecule has 138 valence electrons. The van der Waals surface area contributed by atoms with Gasteiger partial charge in [-0.3, -0.25) is 9.20 Å². The monoisotopic (exact) mass is 377 g/mol. The van der Waals surface area contributed by atoms with E-state index in [1.165, 1.54) is 5.56 Å². The molecule has 0 aliphatic carbocycles. The SMILES string of the molecule is Cc1ccc(-c2cn3c(n2)sc2cc(C(=O)NCCC(C)C)ccc23)cc1. The zero-order chi connectivity index (χ0) is 19.0. The fourth-order valence-electron chi connectivity index (χ4n) is 3.08. The first-order valence-electron chi connectivity index (χ1n) is 9.28. The van der Waals surface area contributed by atoms with E-state index >= 15 is 0 Å². The summed E-state index contributed by atoms with van der Waals surface area (Å²) in [5.41, 5.74) is 5.11. The summed E-state index contributed by atoms with van der Waals surface area (Å²) in [5, 5.41) is 3.00. The van der Waals surface area contributed by atoms with Crippen LogP contribution in [0, 0.1) is 12.8 Å². The number of imidazole rings is 1. The second-order valence-corrected chi connectivity index (χ2v) is 8.38. The van der Waals surface area contributed by atoms with E-state index in [2.05, 4.69) is 61.0 Å². The molecular weight excluding hydrogens is 354 g/mol. The van der Waals surface area contributed by atoms with Crippen molar-refractivity contribution < 1.29 is 4.79 Å². The molecule has 0 aliphatic rings. The van der Waals surface area contributed by atoms with Crippen molar-refractivity contribution in [3.8, 4) is 11.3 Å². The summed E-state index contributed by atoms with van der Waals surface area (Å²) in [5.74, 6) is 0.574. The number of aryl methyl sites for hydroxylation is 1. The number of carbonyl (C=O) groups excluding carboxylic acids is 1. The predicted octanol–water partition coefficient (Wildman–Crippen LogP) is 5.30. The molecule has 2 aromatic carbocycles. The zero-order valence-corrected chi connectivity index (χ0v) is 16.6. The van der Waals surface area contributed by atoms with Crippen molar-refractivity contribution in [3.63, 3.8) is 0 Å². The number of nitrogens with one attached hydrogen (secondary N) is 1. The smallest absolute Gasteiger partial charge is 0.251 e. The van der Waals surface area contributed by atoms with Gasteiger partial charge in [0.1, 0.15) is 0 Å². The van der Waals surface area contributed by atoms with E-state index in [1.54, 1.807) is 11.3 Å². The molecule has 0 atom stereocenters. The summed E-state index contributed by atoms with van der Waals surface area (Å²) in [7, 11) is 0. The van der Waals surface area contributed by atoms with E-state index in [9.17, 15) is 4.79 Å². The van der Waals surface area contributed by atoms with Gasteiger partial charge in [-0.1, -0.05) is 55.0 Å². The Morgan fingerprint density at radius 1 is 1.19 bits per heavy atom. The van der Waals surface area contributed by atoms with Crippen LogP contribution >= 0.6 is 11.3 Å². The van der Waals surface area contributed by atoms with Gasteiger partial charge in [-0.2, -0.15) is 0 Å². The molecule has 4 rings (SSSR count). The number of carbonyl (C=O) groups is 1. The highest BCUT2D eigenvalue weighted by molar-refractivity contribution is 7.23. The Balaban J connectivity index is 1.62. The molecule has 0 radical (unpaired) electrons. The van der Waals surface area contributed by atoms with Gasteiger partial charge in [0.05, 0.1) is 15.9 Å². The molecule has 0 unspecified atom stereocenters. The molecule has 0 bridgehead atoms. The minimum Gasteiger partial charge on any atom is -0.352 e. The summed E-state index contributed by atoms with van der Waals surface area (Å²) in [6.45, 7) is 7.11.